The van der Waals surface area contributed by atoms with E-state index in [2.05, 4.69) is 4.72 Å². The van der Waals surface area contributed by atoms with Crippen molar-refractivity contribution in [2.75, 3.05) is 13.7 Å². The van der Waals surface area contributed by atoms with E-state index in [0.717, 1.165) is 0 Å². The minimum atomic E-state index is -4.14. The smallest absolute Gasteiger partial charge is 0.321 e. The number of hydrogen-bond donors (Lipinski definition) is 2. The van der Waals surface area contributed by atoms with Crippen LogP contribution in [0.25, 0.3) is 0 Å². The van der Waals surface area contributed by atoms with Crippen molar-refractivity contribution in [3.63, 3.8) is 0 Å². The Bertz CT molecular complexity index is 692. The van der Waals surface area contributed by atoms with Gasteiger partial charge in [-0.1, -0.05) is 25.4 Å². The summed E-state index contributed by atoms with van der Waals surface area (Å²) in [5.74, 6) is -1.16. The Balaban J connectivity index is 3.18. The number of aliphatic carboxylic acids is 1. The van der Waals surface area contributed by atoms with Crippen LogP contribution in [0.5, 0.6) is 5.75 Å². The van der Waals surface area contributed by atoms with Gasteiger partial charge in [-0.3, -0.25) is 4.79 Å². The average Bonchev–Trinajstić information content (AvgIpc) is 2.47. The van der Waals surface area contributed by atoms with E-state index in [1.807, 2.05) is 13.8 Å². The highest BCUT2D eigenvalue weighted by Gasteiger charge is 2.29. The molecule has 0 saturated heterocycles. The van der Waals surface area contributed by atoms with Crippen molar-refractivity contribution in [1.82, 2.24) is 4.72 Å². The molecule has 1 aromatic rings. The monoisotopic (exact) mass is 393 g/mol. The summed E-state index contributed by atoms with van der Waals surface area (Å²) >= 11 is 5.92. The van der Waals surface area contributed by atoms with Gasteiger partial charge in [-0.05, 0) is 37.5 Å². The Morgan fingerprint density at radius 2 is 1.96 bits per heavy atom. The minimum Gasteiger partial charge on any atom is -0.487 e. The van der Waals surface area contributed by atoms with E-state index in [4.69, 9.17) is 21.1 Å². The molecule has 2 unspecified atom stereocenters. The maximum absolute atomic E-state index is 12.7. The summed E-state index contributed by atoms with van der Waals surface area (Å²) in [6.07, 6.45) is -0.239. The number of halogens is 1. The van der Waals surface area contributed by atoms with E-state index in [-0.39, 0.29) is 34.6 Å². The van der Waals surface area contributed by atoms with Gasteiger partial charge in [-0.2, -0.15) is 4.72 Å². The third-order valence-electron chi connectivity index (χ3n) is 3.23. The summed E-state index contributed by atoms with van der Waals surface area (Å²) < 4.78 is 38.2. The molecule has 25 heavy (non-hydrogen) atoms. The summed E-state index contributed by atoms with van der Waals surface area (Å²) in [6, 6.07) is 2.92. The first-order chi connectivity index (χ1) is 11.6. The Morgan fingerprint density at radius 3 is 2.48 bits per heavy atom. The predicted molar refractivity (Wildman–Crippen MR) is 94.6 cm³/mol. The van der Waals surface area contributed by atoms with Crippen LogP contribution >= 0.6 is 11.6 Å². The van der Waals surface area contributed by atoms with Gasteiger partial charge in [-0.25, -0.2) is 8.42 Å². The van der Waals surface area contributed by atoms with Crippen molar-refractivity contribution in [2.24, 2.45) is 5.92 Å². The lowest BCUT2D eigenvalue weighted by Crippen LogP contribution is -2.41. The van der Waals surface area contributed by atoms with Crippen LogP contribution < -0.4 is 9.46 Å². The molecule has 0 amide bonds. The van der Waals surface area contributed by atoms with Gasteiger partial charge < -0.3 is 14.6 Å². The Morgan fingerprint density at radius 1 is 1.32 bits per heavy atom. The second kappa shape index (κ2) is 9.38. The predicted octanol–water partition coefficient (Wildman–Crippen LogP) is 2.53. The van der Waals surface area contributed by atoms with Crippen molar-refractivity contribution in [3.05, 3.63) is 23.2 Å². The fourth-order valence-corrected chi connectivity index (χ4v) is 3.79. The molecule has 0 aliphatic carbocycles. The lowest BCUT2D eigenvalue weighted by Gasteiger charge is -2.20. The molecule has 0 aliphatic heterocycles. The molecule has 1 rings (SSSR count). The van der Waals surface area contributed by atoms with Crippen LogP contribution in [0, 0.1) is 5.92 Å². The third kappa shape index (κ3) is 6.81. The number of sulfonamides is 1. The SMILES string of the molecule is COCC(C)Oc1ccc(Cl)cc1S(=O)(=O)NC(CC(C)C)C(=O)O. The number of hydrogen-bond acceptors (Lipinski definition) is 5. The van der Waals surface area contributed by atoms with Crippen LogP contribution in [0.2, 0.25) is 5.02 Å². The van der Waals surface area contributed by atoms with Crippen LogP contribution in [-0.4, -0.2) is 45.4 Å². The number of carboxylic acid groups (broad SMARTS) is 1. The second-order valence-electron chi connectivity index (χ2n) is 6.12. The summed E-state index contributed by atoms with van der Waals surface area (Å²) in [6.45, 7) is 5.61. The summed E-state index contributed by atoms with van der Waals surface area (Å²) in [5.41, 5.74) is 0. The Hall–Kier alpha value is -1.35. The van der Waals surface area contributed by atoms with Crippen molar-refractivity contribution in [2.45, 2.75) is 44.2 Å². The molecule has 1 aromatic carbocycles. The molecule has 0 heterocycles. The second-order valence-corrected chi connectivity index (χ2v) is 8.24. The highest BCUT2D eigenvalue weighted by molar-refractivity contribution is 7.89. The minimum absolute atomic E-state index is 0.000562. The number of carboxylic acids is 1. The number of nitrogens with one attached hydrogen (secondary N) is 1. The average molecular weight is 394 g/mol. The van der Waals surface area contributed by atoms with Gasteiger partial charge in [0.25, 0.3) is 0 Å². The molecule has 2 atom stereocenters. The molecule has 9 heteroatoms. The third-order valence-corrected chi connectivity index (χ3v) is 4.96. The normalized spacial score (nSPS) is 14.3. The maximum Gasteiger partial charge on any atom is 0.321 e. The van der Waals surface area contributed by atoms with E-state index in [9.17, 15) is 18.3 Å². The molecule has 7 nitrogen and oxygen atoms in total. The largest absolute Gasteiger partial charge is 0.487 e. The first-order valence-electron chi connectivity index (χ1n) is 7.77. The lowest BCUT2D eigenvalue weighted by atomic mass is 10.1. The van der Waals surface area contributed by atoms with Crippen molar-refractivity contribution >= 4 is 27.6 Å². The highest BCUT2D eigenvalue weighted by Crippen LogP contribution is 2.28. The zero-order valence-electron chi connectivity index (χ0n) is 14.7. The van der Waals surface area contributed by atoms with Gasteiger partial charge >= 0.3 is 5.97 Å². The standard InChI is InChI=1S/C16H24ClNO6S/c1-10(2)7-13(16(19)20)18-25(21,22)15-8-12(17)5-6-14(15)24-11(3)9-23-4/h5-6,8,10-11,13,18H,7,9H2,1-4H3,(H,19,20). The molecular weight excluding hydrogens is 370 g/mol. The van der Waals surface area contributed by atoms with E-state index in [1.165, 1.54) is 25.3 Å². The zero-order chi connectivity index (χ0) is 19.2. The summed E-state index contributed by atoms with van der Waals surface area (Å²) in [5, 5.41) is 9.47. The molecule has 0 aromatic heterocycles. The van der Waals surface area contributed by atoms with Crippen molar-refractivity contribution < 1.29 is 27.8 Å². The molecule has 142 valence electrons. The summed E-state index contributed by atoms with van der Waals surface area (Å²) in [7, 11) is -2.64. The van der Waals surface area contributed by atoms with E-state index in [0.29, 0.717) is 0 Å². The van der Waals surface area contributed by atoms with Gasteiger partial charge in [0.05, 0.1) is 6.61 Å². The Labute approximate surface area is 153 Å². The van der Waals surface area contributed by atoms with Gasteiger partial charge in [0.2, 0.25) is 10.0 Å². The van der Waals surface area contributed by atoms with Crippen molar-refractivity contribution in [1.29, 1.82) is 0 Å². The van der Waals surface area contributed by atoms with Crippen LogP contribution in [0.3, 0.4) is 0 Å². The maximum atomic E-state index is 12.7. The van der Waals surface area contributed by atoms with Gasteiger partial charge in [-0.15, -0.1) is 0 Å². The molecule has 0 spiro atoms. The molecule has 2 N–H and O–H groups in total. The van der Waals surface area contributed by atoms with Gasteiger partial charge in [0, 0.05) is 12.1 Å². The van der Waals surface area contributed by atoms with Gasteiger partial charge in [0.15, 0.2) is 0 Å². The number of benzene rings is 1. The van der Waals surface area contributed by atoms with Crippen LogP contribution in [0.1, 0.15) is 27.2 Å². The number of rotatable bonds is 10. The zero-order valence-corrected chi connectivity index (χ0v) is 16.2. The number of ether oxygens (including phenoxy) is 2. The molecule has 0 aliphatic rings. The van der Waals surface area contributed by atoms with Crippen LogP contribution in [0.4, 0.5) is 0 Å². The van der Waals surface area contributed by atoms with E-state index in [1.54, 1.807) is 6.92 Å². The number of carbonyl (C=O) groups is 1. The quantitative estimate of drug-likeness (QED) is 0.633. The highest BCUT2D eigenvalue weighted by atomic mass is 35.5. The molecule has 0 saturated carbocycles. The molecule has 0 radical (unpaired) electrons. The fraction of sp³-hybridized carbons (Fsp3) is 0.562. The van der Waals surface area contributed by atoms with E-state index >= 15 is 0 Å². The Kier molecular flexibility index (Phi) is 8.14. The first-order valence-corrected chi connectivity index (χ1v) is 9.63. The fourth-order valence-electron chi connectivity index (χ4n) is 2.20. The first kappa shape index (κ1) is 21.7. The van der Waals surface area contributed by atoms with E-state index < -0.39 is 28.1 Å². The number of methoxy groups -OCH3 is 1. The van der Waals surface area contributed by atoms with Crippen LogP contribution in [-0.2, 0) is 19.6 Å². The van der Waals surface area contributed by atoms with Gasteiger partial charge in [0.1, 0.15) is 22.8 Å². The summed E-state index contributed by atoms with van der Waals surface area (Å²) in [4.78, 5) is 11.1. The van der Waals surface area contributed by atoms with Crippen molar-refractivity contribution in [3.8, 4) is 5.75 Å². The molecular formula is C16H24ClNO6S. The van der Waals surface area contributed by atoms with Crippen LogP contribution in [0.15, 0.2) is 23.1 Å². The molecule has 0 fully saturated rings. The molecule has 0 bridgehead atoms. The lowest BCUT2D eigenvalue weighted by molar-refractivity contribution is -0.139. The topological polar surface area (TPSA) is 102 Å².